The van der Waals surface area contributed by atoms with E-state index in [1.165, 1.54) is 90.0 Å². The number of hydrogen-bond acceptors (Lipinski definition) is 4. The van der Waals surface area contributed by atoms with Gasteiger partial charge in [-0.3, -0.25) is 10.2 Å². The monoisotopic (exact) mass is 339 g/mol. The van der Waals surface area contributed by atoms with Gasteiger partial charge >= 0.3 is 0 Å². The van der Waals surface area contributed by atoms with Crippen LogP contribution in [-0.4, -0.2) is 43.0 Å². The molecule has 0 aromatic heterocycles. The van der Waals surface area contributed by atoms with Gasteiger partial charge in [-0.15, -0.1) is 0 Å². The average molecular weight is 340 g/mol. The summed E-state index contributed by atoms with van der Waals surface area (Å²) >= 11 is 0. The predicted octanol–water partition coefficient (Wildman–Crippen LogP) is 3.99. The van der Waals surface area contributed by atoms with E-state index in [1.807, 2.05) is 0 Å². The van der Waals surface area contributed by atoms with Gasteiger partial charge in [-0.2, -0.15) is 0 Å². The number of ether oxygens (including phenoxy) is 1. The molecular weight excluding hydrogens is 298 g/mol. The summed E-state index contributed by atoms with van der Waals surface area (Å²) in [5, 5.41) is 3.47. The standard InChI is InChI=1S/C20H41N3O/c1-18(21)12-9-7-5-3-2-4-6-8-10-13-19-14-11-16-23(19)20-22-15-17-24-20/h18-20,22H,2-17,21H2,1H3. The van der Waals surface area contributed by atoms with Crippen LogP contribution in [0.4, 0.5) is 0 Å². The van der Waals surface area contributed by atoms with Crippen LogP contribution < -0.4 is 11.1 Å². The lowest BCUT2D eigenvalue weighted by Gasteiger charge is -2.29. The normalized spacial score (nSPS) is 26.2. The lowest BCUT2D eigenvalue weighted by Crippen LogP contribution is -2.45. The molecule has 3 N–H and O–H groups in total. The van der Waals surface area contributed by atoms with Crippen LogP contribution in [0.2, 0.25) is 0 Å². The smallest absolute Gasteiger partial charge is 0.166 e. The van der Waals surface area contributed by atoms with Crippen LogP contribution in [0.3, 0.4) is 0 Å². The van der Waals surface area contributed by atoms with Crippen molar-refractivity contribution in [1.82, 2.24) is 10.2 Å². The van der Waals surface area contributed by atoms with Crippen LogP contribution in [0.1, 0.15) is 90.4 Å². The summed E-state index contributed by atoms with van der Waals surface area (Å²) in [6.45, 7) is 5.21. The van der Waals surface area contributed by atoms with Gasteiger partial charge in [0.05, 0.1) is 6.61 Å². The maximum Gasteiger partial charge on any atom is 0.166 e. The van der Waals surface area contributed by atoms with Gasteiger partial charge in [0, 0.05) is 25.2 Å². The van der Waals surface area contributed by atoms with Crippen LogP contribution in [-0.2, 0) is 4.74 Å². The Morgan fingerprint density at radius 2 is 1.71 bits per heavy atom. The first-order chi connectivity index (χ1) is 11.8. The summed E-state index contributed by atoms with van der Waals surface area (Å²) in [7, 11) is 0. The van der Waals surface area contributed by atoms with E-state index in [0.717, 1.165) is 19.2 Å². The molecule has 2 saturated heterocycles. The second-order valence-electron chi connectivity index (χ2n) is 7.95. The third kappa shape index (κ3) is 7.81. The van der Waals surface area contributed by atoms with Gasteiger partial charge in [0.1, 0.15) is 0 Å². The van der Waals surface area contributed by atoms with Crippen molar-refractivity contribution in [3.05, 3.63) is 0 Å². The lowest BCUT2D eigenvalue weighted by molar-refractivity contribution is -0.0402. The molecule has 3 atom stereocenters. The summed E-state index contributed by atoms with van der Waals surface area (Å²) in [5.41, 5.74) is 5.78. The number of likely N-dealkylation sites (tertiary alicyclic amines) is 1. The molecule has 2 aliphatic rings. The maximum absolute atomic E-state index is 5.79. The van der Waals surface area contributed by atoms with E-state index in [1.54, 1.807) is 0 Å². The minimum absolute atomic E-state index is 0.208. The minimum atomic E-state index is 0.208. The molecule has 0 saturated carbocycles. The number of hydrogen-bond donors (Lipinski definition) is 2. The molecule has 142 valence electrons. The summed E-state index contributed by atoms with van der Waals surface area (Å²) in [6, 6.07) is 1.14. The quantitative estimate of drug-likeness (QED) is 0.498. The molecule has 2 heterocycles. The van der Waals surface area contributed by atoms with Crippen molar-refractivity contribution in [2.24, 2.45) is 5.73 Å². The zero-order valence-corrected chi connectivity index (χ0v) is 16.0. The fourth-order valence-electron chi connectivity index (χ4n) is 4.19. The molecule has 0 amide bonds. The van der Waals surface area contributed by atoms with Crippen LogP contribution in [0.15, 0.2) is 0 Å². The SMILES string of the molecule is CC(N)CCCCCCCCCCCC1CCCN1C1NCCO1. The number of rotatable bonds is 13. The number of nitrogens with one attached hydrogen (secondary N) is 1. The Bertz CT molecular complexity index is 305. The minimum Gasteiger partial charge on any atom is -0.348 e. The second-order valence-corrected chi connectivity index (χ2v) is 7.95. The van der Waals surface area contributed by atoms with Gasteiger partial charge in [0.25, 0.3) is 0 Å². The van der Waals surface area contributed by atoms with Crippen molar-refractivity contribution in [3.63, 3.8) is 0 Å². The highest BCUT2D eigenvalue weighted by Crippen LogP contribution is 2.25. The zero-order chi connectivity index (χ0) is 17.0. The molecule has 4 heteroatoms. The second kappa shape index (κ2) is 12.2. The van der Waals surface area contributed by atoms with Gasteiger partial charge in [-0.1, -0.05) is 57.8 Å². The van der Waals surface area contributed by atoms with E-state index in [0.29, 0.717) is 6.04 Å². The molecule has 3 unspecified atom stereocenters. The predicted molar refractivity (Wildman–Crippen MR) is 102 cm³/mol. The van der Waals surface area contributed by atoms with Crippen LogP contribution in [0, 0.1) is 0 Å². The molecule has 0 bridgehead atoms. The Balaban J connectivity index is 1.38. The molecule has 0 aromatic carbocycles. The molecular formula is C20H41N3O. The Kier molecular flexibility index (Phi) is 10.3. The zero-order valence-electron chi connectivity index (χ0n) is 16.0. The van der Waals surface area contributed by atoms with Gasteiger partial charge in [0.15, 0.2) is 6.35 Å². The molecule has 2 rings (SSSR count). The van der Waals surface area contributed by atoms with E-state index in [9.17, 15) is 0 Å². The molecule has 0 aromatic rings. The Morgan fingerprint density at radius 3 is 2.33 bits per heavy atom. The third-order valence-electron chi connectivity index (χ3n) is 5.62. The molecule has 0 aliphatic carbocycles. The van der Waals surface area contributed by atoms with Gasteiger partial charge in [0.2, 0.25) is 0 Å². The highest BCUT2D eigenvalue weighted by Gasteiger charge is 2.32. The third-order valence-corrected chi connectivity index (χ3v) is 5.62. The number of nitrogens with zero attached hydrogens (tertiary/aromatic N) is 1. The van der Waals surface area contributed by atoms with Crippen LogP contribution in [0.5, 0.6) is 0 Å². The van der Waals surface area contributed by atoms with Crippen molar-refractivity contribution in [3.8, 4) is 0 Å². The fraction of sp³-hybridized carbons (Fsp3) is 1.00. The van der Waals surface area contributed by atoms with E-state index < -0.39 is 0 Å². The Hall–Kier alpha value is -0.160. The van der Waals surface area contributed by atoms with E-state index in [4.69, 9.17) is 10.5 Å². The summed E-state index contributed by atoms with van der Waals surface area (Å²) in [5.74, 6) is 0. The first-order valence-corrected chi connectivity index (χ1v) is 10.6. The molecule has 4 nitrogen and oxygen atoms in total. The summed E-state index contributed by atoms with van der Waals surface area (Å²) in [6.07, 6.45) is 18.0. The van der Waals surface area contributed by atoms with E-state index >= 15 is 0 Å². The van der Waals surface area contributed by atoms with Gasteiger partial charge in [-0.05, 0) is 32.6 Å². The maximum atomic E-state index is 5.79. The molecule has 24 heavy (non-hydrogen) atoms. The first-order valence-electron chi connectivity index (χ1n) is 10.6. The van der Waals surface area contributed by atoms with Crippen molar-refractivity contribution >= 4 is 0 Å². The molecule has 2 fully saturated rings. The van der Waals surface area contributed by atoms with Gasteiger partial charge in [-0.25, -0.2) is 0 Å². The topological polar surface area (TPSA) is 50.5 Å². The van der Waals surface area contributed by atoms with Crippen LogP contribution in [0.25, 0.3) is 0 Å². The molecule has 2 aliphatic heterocycles. The Labute approximate surface area is 149 Å². The van der Waals surface area contributed by atoms with E-state index in [2.05, 4.69) is 17.1 Å². The van der Waals surface area contributed by atoms with E-state index in [-0.39, 0.29) is 6.35 Å². The summed E-state index contributed by atoms with van der Waals surface area (Å²) < 4.78 is 5.79. The molecule has 0 spiro atoms. The fourth-order valence-corrected chi connectivity index (χ4v) is 4.19. The van der Waals surface area contributed by atoms with Crippen molar-refractivity contribution in [1.29, 1.82) is 0 Å². The first kappa shape index (κ1) is 20.2. The average Bonchev–Trinajstić information content (AvgIpc) is 3.23. The molecule has 0 radical (unpaired) electrons. The highest BCUT2D eigenvalue weighted by atomic mass is 16.5. The highest BCUT2D eigenvalue weighted by molar-refractivity contribution is 4.82. The van der Waals surface area contributed by atoms with Crippen molar-refractivity contribution in [2.75, 3.05) is 19.7 Å². The van der Waals surface area contributed by atoms with Gasteiger partial charge < -0.3 is 10.5 Å². The van der Waals surface area contributed by atoms with Crippen molar-refractivity contribution < 1.29 is 4.74 Å². The lowest BCUT2D eigenvalue weighted by atomic mass is 10.0. The Morgan fingerprint density at radius 1 is 1.04 bits per heavy atom. The number of nitrogens with two attached hydrogens (primary N) is 1. The van der Waals surface area contributed by atoms with Crippen LogP contribution >= 0.6 is 0 Å². The largest absolute Gasteiger partial charge is 0.348 e. The van der Waals surface area contributed by atoms with Crippen molar-refractivity contribution in [2.45, 2.75) is 109 Å². The summed E-state index contributed by atoms with van der Waals surface area (Å²) in [4.78, 5) is 2.56. The number of unbranched alkanes of at least 4 members (excludes halogenated alkanes) is 8.